The first-order valence-corrected chi connectivity index (χ1v) is 9.83. The van der Waals surface area contributed by atoms with E-state index in [9.17, 15) is 9.90 Å². The summed E-state index contributed by atoms with van der Waals surface area (Å²) >= 11 is 0. The highest BCUT2D eigenvalue weighted by atomic mass is 16.3. The minimum atomic E-state index is -1.34. The maximum Gasteiger partial charge on any atom is 0.255 e. The zero-order valence-electron chi connectivity index (χ0n) is 15.9. The van der Waals surface area contributed by atoms with Crippen LogP contribution in [0.5, 0.6) is 0 Å². The summed E-state index contributed by atoms with van der Waals surface area (Å²) in [4.78, 5) is 19.2. The van der Waals surface area contributed by atoms with E-state index in [1.807, 2.05) is 53.2 Å². The molecule has 1 atom stereocenters. The second kappa shape index (κ2) is 8.12. The zero-order chi connectivity index (χ0) is 19.4. The molecule has 0 radical (unpaired) electrons. The van der Waals surface area contributed by atoms with Gasteiger partial charge in [0, 0.05) is 38.6 Å². The maximum absolute atomic E-state index is 12.9. The Hall–Kier alpha value is -2.70. The molecule has 2 N–H and O–H groups in total. The molecule has 0 bridgehead atoms. The van der Waals surface area contributed by atoms with Crippen molar-refractivity contribution >= 4 is 11.6 Å². The number of piperidine rings is 1. The van der Waals surface area contributed by atoms with Gasteiger partial charge in [-0.05, 0) is 37.0 Å². The smallest absolute Gasteiger partial charge is 0.255 e. The Morgan fingerprint density at radius 1 is 1.14 bits per heavy atom. The third-order valence-corrected chi connectivity index (χ3v) is 5.35. The number of likely N-dealkylation sites (tertiary alicyclic amines) is 1. The normalized spacial score (nSPS) is 20.0. The van der Waals surface area contributed by atoms with Crippen LogP contribution in [0.15, 0.2) is 60.9 Å². The van der Waals surface area contributed by atoms with Gasteiger partial charge in [-0.2, -0.15) is 0 Å². The van der Waals surface area contributed by atoms with Gasteiger partial charge in [-0.3, -0.25) is 4.79 Å². The number of benzene rings is 1. The minimum absolute atomic E-state index is 0.169. The van der Waals surface area contributed by atoms with Crippen molar-refractivity contribution in [2.75, 3.05) is 19.6 Å². The molecule has 1 aliphatic heterocycles. The maximum atomic E-state index is 12.9. The lowest BCUT2D eigenvalue weighted by molar-refractivity contribution is -0.156. The number of aliphatic hydroxyl groups is 1. The van der Waals surface area contributed by atoms with Crippen LogP contribution in [0.25, 0.3) is 5.65 Å². The van der Waals surface area contributed by atoms with Crippen LogP contribution in [-0.4, -0.2) is 50.5 Å². The first-order chi connectivity index (χ1) is 13.6. The molecule has 1 saturated heterocycles. The highest BCUT2D eigenvalue weighted by Crippen LogP contribution is 2.22. The molecular formula is C22H26N4O2. The predicted molar refractivity (Wildman–Crippen MR) is 108 cm³/mol. The van der Waals surface area contributed by atoms with Crippen molar-refractivity contribution in [3.63, 3.8) is 0 Å². The number of rotatable bonds is 7. The van der Waals surface area contributed by atoms with Crippen LogP contribution < -0.4 is 5.32 Å². The van der Waals surface area contributed by atoms with Gasteiger partial charge in [-0.1, -0.05) is 36.4 Å². The summed E-state index contributed by atoms with van der Waals surface area (Å²) < 4.78 is 1.96. The van der Waals surface area contributed by atoms with Gasteiger partial charge in [0.15, 0.2) is 5.60 Å². The van der Waals surface area contributed by atoms with Crippen molar-refractivity contribution in [2.24, 2.45) is 0 Å². The van der Waals surface area contributed by atoms with E-state index in [4.69, 9.17) is 0 Å². The first-order valence-electron chi connectivity index (χ1n) is 9.83. The molecule has 146 valence electrons. The van der Waals surface area contributed by atoms with Crippen LogP contribution >= 0.6 is 0 Å². The number of imidazole rings is 1. The van der Waals surface area contributed by atoms with Crippen LogP contribution in [0.2, 0.25) is 0 Å². The monoisotopic (exact) mass is 378 g/mol. The molecule has 0 unspecified atom stereocenters. The molecule has 0 saturated carbocycles. The van der Waals surface area contributed by atoms with E-state index < -0.39 is 5.60 Å². The number of fused-ring (bicyclic) bond motifs is 1. The number of nitrogens with zero attached hydrogens (tertiary/aromatic N) is 3. The van der Waals surface area contributed by atoms with Crippen LogP contribution in [-0.2, 0) is 17.8 Å². The van der Waals surface area contributed by atoms with Crippen LogP contribution in [0, 0.1) is 0 Å². The molecule has 1 fully saturated rings. The van der Waals surface area contributed by atoms with Crippen molar-refractivity contribution < 1.29 is 9.90 Å². The van der Waals surface area contributed by atoms with Gasteiger partial charge in [-0.15, -0.1) is 0 Å². The summed E-state index contributed by atoms with van der Waals surface area (Å²) in [6.07, 6.45) is 6.02. The summed E-state index contributed by atoms with van der Waals surface area (Å²) in [5.74, 6) is -0.169. The number of aromatic nitrogens is 2. The third-order valence-electron chi connectivity index (χ3n) is 5.35. The SMILES string of the molecule is O=C1N(CCc2ccccc2)CCC[C@]1(O)CNCc1cn2ccccc2n1. The predicted octanol–water partition coefficient (Wildman–Crippen LogP) is 2.02. The number of carbonyl (C=O) groups is 1. The average Bonchev–Trinajstić information content (AvgIpc) is 3.13. The van der Waals surface area contributed by atoms with Crippen molar-refractivity contribution in [1.29, 1.82) is 0 Å². The second-order valence-electron chi connectivity index (χ2n) is 7.46. The molecule has 28 heavy (non-hydrogen) atoms. The average molecular weight is 378 g/mol. The molecule has 6 heteroatoms. The van der Waals surface area contributed by atoms with Gasteiger partial charge < -0.3 is 19.7 Å². The number of pyridine rings is 1. The number of nitrogens with one attached hydrogen (secondary N) is 1. The molecule has 0 aliphatic carbocycles. The Morgan fingerprint density at radius 3 is 2.79 bits per heavy atom. The molecule has 3 heterocycles. The van der Waals surface area contributed by atoms with E-state index in [0.29, 0.717) is 26.1 Å². The largest absolute Gasteiger partial charge is 0.379 e. The van der Waals surface area contributed by atoms with E-state index in [-0.39, 0.29) is 12.5 Å². The Labute approximate surface area is 164 Å². The molecule has 4 rings (SSSR count). The van der Waals surface area contributed by atoms with Crippen LogP contribution in [0.1, 0.15) is 24.1 Å². The summed E-state index contributed by atoms with van der Waals surface area (Å²) in [7, 11) is 0. The van der Waals surface area contributed by atoms with E-state index in [1.165, 1.54) is 5.56 Å². The fraction of sp³-hybridized carbons (Fsp3) is 0.364. The van der Waals surface area contributed by atoms with Crippen LogP contribution in [0.4, 0.5) is 0 Å². The Bertz CT molecular complexity index is 907. The zero-order valence-corrected chi connectivity index (χ0v) is 15.9. The van der Waals surface area contributed by atoms with Crippen molar-refractivity contribution in [1.82, 2.24) is 19.6 Å². The molecule has 1 amide bonds. The minimum Gasteiger partial charge on any atom is -0.379 e. The van der Waals surface area contributed by atoms with E-state index in [1.54, 1.807) is 4.90 Å². The Kier molecular flexibility index (Phi) is 5.41. The number of carbonyl (C=O) groups excluding carboxylic acids is 1. The molecule has 2 aromatic heterocycles. The number of hydrogen-bond donors (Lipinski definition) is 2. The molecule has 6 nitrogen and oxygen atoms in total. The number of hydrogen-bond acceptors (Lipinski definition) is 4. The van der Waals surface area contributed by atoms with Crippen molar-refractivity contribution in [3.8, 4) is 0 Å². The lowest BCUT2D eigenvalue weighted by Gasteiger charge is -2.38. The number of amides is 1. The van der Waals surface area contributed by atoms with Crippen molar-refractivity contribution in [2.45, 2.75) is 31.4 Å². The fourth-order valence-electron chi connectivity index (χ4n) is 3.82. The topological polar surface area (TPSA) is 69.9 Å². The van der Waals surface area contributed by atoms with Gasteiger partial charge in [0.1, 0.15) is 5.65 Å². The first kappa shape index (κ1) is 18.7. The summed E-state index contributed by atoms with van der Waals surface area (Å²) in [6, 6.07) is 16.0. The standard InChI is InChI=1S/C22H26N4O2/c27-21-22(28,11-6-13-25(21)14-10-18-7-2-1-3-8-18)17-23-15-19-16-26-12-5-4-9-20(26)24-19/h1-5,7-9,12,16,23,28H,6,10-11,13-15,17H2/t22-/m0/s1. The van der Waals surface area contributed by atoms with E-state index in [2.05, 4.69) is 22.4 Å². The highest BCUT2D eigenvalue weighted by Gasteiger charge is 2.41. The van der Waals surface area contributed by atoms with Gasteiger partial charge in [0.2, 0.25) is 0 Å². The quantitative estimate of drug-likeness (QED) is 0.660. The molecule has 3 aromatic rings. The lowest BCUT2D eigenvalue weighted by atomic mass is 9.91. The fourth-order valence-corrected chi connectivity index (χ4v) is 3.82. The molecule has 1 aliphatic rings. The third kappa shape index (κ3) is 4.08. The summed E-state index contributed by atoms with van der Waals surface area (Å²) in [5, 5.41) is 14.2. The van der Waals surface area contributed by atoms with Gasteiger partial charge in [0.05, 0.1) is 5.69 Å². The molecule has 1 aromatic carbocycles. The van der Waals surface area contributed by atoms with Gasteiger partial charge >= 0.3 is 0 Å². The van der Waals surface area contributed by atoms with Gasteiger partial charge in [0.25, 0.3) is 5.91 Å². The molecular weight excluding hydrogens is 352 g/mol. The Morgan fingerprint density at radius 2 is 1.96 bits per heavy atom. The Balaban J connectivity index is 1.33. The van der Waals surface area contributed by atoms with E-state index in [0.717, 1.165) is 24.2 Å². The van der Waals surface area contributed by atoms with E-state index >= 15 is 0 Å². The van der Waals surface area contributed by atoms with Crippen LogP contribution in [0.3, 0.4) is 0 Å². The summed E-state index contributed by atoms with van der Waals surface area (Å²) in [6.45, 7) is 2.10. The molecule has 0 spiro atoms. The highest BCUT2D eigenvalue weighted by molar-refractivity contribution is 5.86. The van der Waals surface area contributed by atoms with Gasteiger partial charge in [-0.25, -0.2) is 4.98 Å². The lowest BCUT2D eigenvalue weighted by Crippen LogP contribution is -2.58. The summed E-state index contributed by atoms with van der Waals surface area (Å²) in [5.41, 5.74) is 1.64. The second-order valence-corrected chi connectivity index (χ2v) is 7.46. The van der Waals surface area contributed by atoms with Crippen molar-refractivity contribution in [3.05, 3.63) is 72.2 Å².